The molecule has 1 fully saturated rings. The minimum atomic E-state index is -3.73. The predicted molar refractivity (Wildman–Crippen MR) is 93.9 cm³/mol. The molecule has 7 nitrogen and oxygen atoms in total. The number of aromatic nitrogens is 1. The van der Waals surface area contributed by atoms with Crippen molar-refractivity contribution in [1.29, 1.82) is 0 Å². The number of carbonyl (C=O) groups is 1. The van der Waals surface area contributed by atoms with Crippen molar-refractivity contribution >= 4 is 38.3 Å². The molecule has 0 unspecified atom stereocenters. The van der Waals surface area contributed by atoms with Crippen LogP contribution in [0.2, 0.25) is 5.02 Å². The van der Waals surface area contributed by atoms with Crippen LogP contribution in [0.3, 0.4) is 0 Å². The van der Waals surface area contributed by atoms with E-state index in [0.29, 0.717) is 28.8 Å². The van der Waals surface area contributed by atoms with Gasteiger partial charge in [-0.2, -0.15) is 4.31 Å². The summed E-state index contributed by atoms with van der Waals surface area (Å²) in [6, 6.07) is 4.75. The molecule has 0 spiro atoms. The number of ether oxygens (including phenoxy) is 1. The number of sulfonamides is 1. The van der Waals surface area contributed by atoms with E-state index in [-0.39, 0.29) is 30.0 Å². The second-order valence-corrected chi connectivity index (χ2v) is 8.14. The highest BCUT2D eigenvalue weighted by molar-refractivity contribution is 7.89. The topological polar surface area (TPSA) is 88.6 Å². The molecule has 1 amide bonds. The Morgan fingerprint density at radius 1 is 1.44 bits per heavy atom. The Morgan fingerprint density at radius 3 is 3.00 bits per heavy atom. The van der Waals surface area contributed by atoms with Crippen LogP contribution in [0, 0.1) is 0 Å². The van der Waals surface area contributed by atoms with E-state index < -0.39 is 10.0 Å². The minimum absolute atomic E-state index is 0.0464. The lowest BCUT2D eigenvalue weighted by Crippen LogP contribution is -2.40. The molecule has 2 aromatic rings. The molecule has 0 saturated carbocycles. The number of nitrogens with one attached hydrogen (secondary N) is 1. The van der Waals surface area contributed by atoms with Gasteiger partial charge in [0.1, 0.15) is 6.61 Å². The van der Waals surface area contributed by atoms with Crippen LogP contribution >= 0.6 is 11.6 Å². The number of methoxy groups -OCH3 is 1. The average Bonchev–Trinajstić information content (AvgIpc) is 3.04. The van der Waals surface area contributed by atoms with Crippen LogP contribution in [0.4, 0.5) is 0 Å². The first kappa shape index (κ1) is 18.1. The summed E-state index contributed by atoms with van der Waals surface area (Å²) < 4.78 is 32.3. The Hall–Kier alpha value is -1.74. The Labute approximate surface area is 151 Å². The molecule has 134 valence electrons. The van der Waals surface area contributed by atoms with Gasteiger partial charge in [0.25, 0.3) is 0 Å². The second kappa shape index (κ2) is 7.25. The summed E-state index contributed by atoms with van der Waals surface area (Å²) in [5, 5.41) is 4.20. The van der Waals surface area contributed by atoms with E-state index >= 15 is 0 Å². The number of hydrogen-bond donors (Lipinski definition) is 1. The molecule has 3 rings (SSSR count). The minimum Gasteiger partial charge on any atom is -0.375 e. The summed E-state index contributed by atoms with van der Waals surface area (Å²) >= 11 is 6.19. The van der Waals surface area contributed by atoms with Gasteiger partial charge >= 0.3 is 0 Å². The van der Waals surface area contributed by atoms with Gasteiger partial charge in [-0.05, 0) is 12.5 Å². The number of fused-ring (bicyclic) bond motifs is 1. The van der Waals surface area contributed by atoms with Crippen molar-refractivity contribution in [2.24, 2.45) is 0 Å². The lowest BCUT2D eigenvalue weighted by atomic mass is 10.2. The second-order valence-electron chi connectivity index (χ2n) is 5.82. The van der Waals surface area contributed by atoms with Gasteiger partial charge in [-0.15, -0.1) is 0 Å². The summed E-state index contributed by atoms with van der Waals surface area (Å²) in [6.45, 7) is 0.505. The van der Waals surface area contributed by atoms with Gasteiger partial charge in [-0.3, -0.25) is 9.78 Å². The van der Waals surface area contributed by atoms with Crippen molar-refractivity contribution in [3.63, 3.8) is 0 Å². The number of amides is 1. The Morgan fingerprint density at radius 2 is 2.24 bits per heavy atom. The Bertz CT molecular complexity index is 898. The van der Waals surface area contributed by atoms with Crippen LogP contribution in [0.5, 0.6) is 0 Å². The summed E-state index contributed by atoms with van der Waals surface area (Å²) in [4.78, 5) is 15.8. The van der Waals surface area contributed by atoms with Crippen LogP contribution in [-0.4, -0.2) is 56.5 Å². The highest BCUT2D eigenvalue weighted by Gasteiger charge is 2.34. The fourth-order valence-corrected chi connectivity index (χ4v) is 5.04. The molecule has 1 aromatic heterocycles. The van der Waals surface area contributed by atoms with E-state index in [1.165, 1.54) is 17.6 Å². The number of hydrogen-bond acceptors (Lipinski definition) is 5. The van der Waals surface area contributed by atoms with Crippen LogP contribution in [0.1, 0.15) is 6.42 Å². The van der Waals surface area contributed by atoms with Gasteiger partial charge in [-0.25, -0.2) is 8.42 Å². The molecule has 1 aliphatic rings. The van der Waals surface area contributed by atoms with E-state index in [2.05, 4.69) is 10.3 Å². The third-order valence-electron chi connectivity index (χ3n) is 4.11. The van der Waals surface area contributed by atoms with Gasteiger partial charge in [0.15, 0.2) is 0 Å². The maximum atomic E-state index is 13.1. The number of nitrogens with zero attached hydrogens (tertiary/aromatic N) is 2. The van der Waals surface area contributed by atoms with Gasteiger partial charge in [0, 0.05) is 49.4 Å². The standard InChI is InChI=1S/C16H18ClN3O4S/c1-24-10-15(21)19-12-5-6-20(9-12)25(22,23)14-4-2-3-11-7-18-8-13(17)16(11)14/h2-4,7-8,12H,5-6,9-10H2,1H3,(H,19,21)/t12-/m0/s1. The third-order valence-corrected chi connectivity index (χ3v) is 6.30. The average molecular weight is 384 g/mol. The maximum Gasteiger partial charge on any atom is 0.246 e. The van der Waals surface area contributed by atoms with Gasteiger partial charge < -0.3 is 10.1 Å². The van der Waals surface area contributed by atoms with Gasteiger partial charge in [-0.1, -0.05) is 23.7 Å². The molecule has 1 atom stereocenters. The van der Waals surface area contributed by atoms with E-state index in [0.717, 1.165) is 0 Å². The first-order valence-corrected chi connectivity index (χ1v) is 9.56. The number of carbonyl (C=O) groups excluding carboxylic acids is 1. The number of halogens is 1. The molecule has 1 N–H and O–H groups in total. The summed E-state index contributed by atoms with van der Waals surface area (Å²) in [5.74, 6) is -0.258. The Balaban J connectivity index is 1.87. The first-order chi connectivity index (χ1) is 11.9. The quantitative estimate of drug-likeness (QED) is 0.843. The van der Waals surface area contributed by atoms with Crippen molar-refractivity contribution in [3.8, 4) is 0 Å². The predicted octanol–water partition coefficient (Wildman–Crippen LogP) is 1.41. The van der Waals surface area contributed by atoms with Gasteiger partial charge in [0.2, 0.25) is 15.9 Å². The third kappa shape index (κ3) is 3.62. The van der Waals surface area contributed by atoms with Crippen molar-refractivity contribution in [1.82, 2.24) is 14.6 Å². The number of benzene rings is 1. The first-order valence-electron chi connectivity index (χ1n) is 7.74. The van der Waals surface area contributed by atoms with E-state index in [9.17, 15) is 13.2 Å². The lowest BCUT2D eigenvalue weighted by molar-refractivity contribution is -0.125. The monoisotopic (exact) mass is 383 g/mol. The fraction of sp³-hybridized carbons (Fsp3) is 0.375. The summed E-state index contributed by atoms with van der Waals surface area (Å²) in [7, 11) is -2.30. The molecule has 2 heterocycles. The van der Waals surface area contributed by atoms with Crippen molar-refractivity contribution in [2.45, 2.75) is 17.4 Å². The zero-order chi connectivity index (χ0) is 18.0. The van der Waals surface area contributed by atoms with Crippen molar-refractivity contribution in [2.75, 3.05) is 26.8 Å². The van der Waals surface area contributed by atoms with Crippen molar-refractivity contribution < 1.29 is 17.9 Å². The van der Waals surface area contributed by atoms with Crippen LogP contribution in [0.15, 0.2) is 35.5 Å². The zero-order valence-electron chi connectivity index (χ0n) is 13.6. The SMILES string of the molecule is COCC(=O)N[C@H]1CCN(S(=O)(=O)c2cccc3cncc(Cl)c23)C1. The molecule has 9 heteroatoms. The molecule has 1 saturated heterocycles. The summed E-state index contributed by atoms with van der Waals surface area (Å²) in [5.41, 5.74) is 0. The smallest absolute Gasteiger partial charge is 0.246 e. The van der Waals surface area contributed by atoms with Crippen molar-refractivity contribution in [3.05, 3.63) is 35.6 Å². The maximum absolute atomic E-state index is 13.1. The molecule has 1 aliphatic heterocycles. The molecular weight excluding hydrogens is 366 g/mol. The zero-order valence-corrected chi connectivity index (χ0v) is 15.2. The molecule has 0 radical (unpaired) electrons. The van der Waals surface area contributed by atoms with Crippen LogP contribution in [-0.2, 0) is 19.6 Å². The highest BCUT2D eigenvalue weighted by atomic mass is 35.5. The van der Waals surface area contributed by atoms with E-state index in [4.69, 9.17) is 16.3 Å². The fourth-order valence-electron chi connectivity index (χ4n) is 2.98. The molecule has 0 bridgehead atoms. The Kier molecular flexibility index (Phi) is 5.24. The highest BCUT2D eigenvalue weighted by Crippen LogP contribution is 2.32. The van der Waals surface area contributed by atoms with Crippen LogP contribution < -0.4 is 5.32 Å². The molecule has 0 aliphatic carbocycles. The largest absolute Gasteiger partial charge is 0.375 e. The van der Waals surface area contributed by atoms with E-state index in [1.807, 2.05) is 0 Å². The normalized spacial score (nSPS) is 18.6. The molecule has 1 aromatic carbocycles. The lowest BCUT2D eigenvalue weighted by Gasteiger charge is -2.18. The van der Waals surface area contributed by atoms with Crippen LogP contribution in [0.25, 0.3) is 10.8 Å². The summed E-state index contributed by atoms with van der Waals surface area (Å²) in [6.07, 6.45) is 3.56. The van der Waals surface area contributed by atoms with E-state index in [1.54, 1.807) is 24.4 Å². The number of pyridine rings is 1. The van der Waals surface area contributed by atoms with Gasteiger partial charge in [0.05, 0.1) is 9.92 Å². The molecule has 25 heavy (non-hydrogen) atoms. The number of rotatable bonds is 5. The molecular formula is C16H18ClN3O4S.